The Kier molecular flexibility index (Phi) is 3.82. The van der Waals surface area contributed by atoms with Crippen molar-refractivity contribution in [2.75, 3.05) is 0 Å². The van der Waals surface area contributed by atoms with E-state index in [4.69, 9.17) is 4.55 Å². The largest absolute Gasteiger partial charge is 0.294 e. The van der Waals surface area contributed by atoms with E-state index in [2.05, 4.69) is 0 Å². The number of hydrogen-bond donors (Lipinski definition) is 1. The predicted octanol–water partition coefficient (Wildman–Crippen LogP) is 2.43. The van der Waals surface area contributed by atoms with Crippen molar-refractivity contribution in [3.8, 4) is 0 Å². The van der Waals surface area contributed by atoms with Crippen LogP contribution in [0.4, 0.5) is 5.69 Å². The van der Waals surface area contributed by atoms with Gasteiger partial charge >= 0.3 is 0 Å². The van der Waals surface area contributed by atoms with Gasteiger partial charge in [-0.1, -0.05) is 30.3 Å². The molecule has 0 fully saturated rings. The number of nitro benzene ring substituents is 1. The van der Waals surface area contributed by atoms with E-state index in [0.29, 0.717) is 11.1 Å². The predicted molar refractivity (Wildman–Crippen MR) is 72.2 cm³/mol. The van der Waals surface area contributed by atoms with Crippen molar-refractivity contribution in [2.24, 2.45) is 0 Å². The minimum atomic E-state index is -4.28. The molecule has 0 aliphatic rings. The van der Waals surface area contributed by atoms with E-state index in [1.54, 1.807) is 24.3 Å². The lowest BCUT2D eigenvalue weighted by molar-refractivity contribution is -0.384. The van der Waals surface area contributed by atoms with E-state index in [9.17, 15) is 18.5 Å². The molecule has 0 aliphatic heterocycles. The first-order chi connectivity index (χ1) is 9.38. The van der Waals surface area contributed by atoms with E-state index in [0.717, 1.165) is 0 Å². The van der Waals surface area contributed by atoms with Crippen molar-refractivity contribution in [3.05, 3.63) is 69.8 Å². The third kappa shape index (κ3) is 3.19. The van der Waals surface area contributed by atoms with E-state index < -0.39 is 15.0 Å². The van der Waals surface area contributed by atoms with Crippen LogP contribution in [0.1, 0.15) is 11.1 Å². The van der Waals surface area contributed by atoms with Crippen LogP contribution >= 0.6 is 0 Å². The Morgan fingerprint density at radius 2 is 1.65 bits per heavy atom. The number of benzene rings is 2. The average molecular weight is 293 g/mol. The monoisotopic (exact) mass is 293 g/mol. The first kappa shape index (κ1) is 14.2. The van der Waals surface area contributed by atoms with E-state index >= 15 is 0 Å². The fourth-order valence-electron chi connectivity index (χ4n) is 1.86. The van der Waals surface area contributed by atoms with E-state index in [1.165, 1.54) is 24.3 Å². The van der Waals surface area contributed by atoms with Crippen LogP contribution in [0.15, 0.2) is 53.4 Å². The Hall–Kier alpha value is -2.25. The van der Waals surface area contributed by atoms with Gasteiger partial charge in [0.2, 0.25) is 0 Å². The molecule has 0 heterocycles. The zero-order valence-electron chi connectivity index (χ0n) is 10.3. The van der Waals surface area contributed by atoms with Crippen molar-refractivity contribution < 1.29 is 17.9 Å². The molecule has 1 N–H and O–H groups in total. The minimum Gasteiger partial charge on any atom is -0.282 e. The smallest absolute Gasteiger partial charge is 0.282 e. The lowest BCUT2D eigenvalue weighted by Crippen LogP contribution is -2.03. The third-order valence-corrected chi connectivity index (χ3v) is 3.75. The zero-order valence-corrected chi connectivity index (χ0v) is 11.1. The normalized spacial score (nSPS) is 11.2. The highest BCUT2D eigenvalue weighted by Gasteiger charge is 2.15. The Morgan fingerprint density at radius 3 is 2.20 bits per heavy atom. The number of non-ortho nitro benzene ring substituents is 1. The molecule has 104 valence electrons. The molecule has 6 nitrogen and oxygen atoms in total. The van der Waals surface area contributed by atoms with Gasteiger partial charge in [-0.25, -0.2) is 0 Å². The molecule has 0 spiro atoms. The van der Waals surface area contributed by atoms with Crippen LogP contribution in [-0.4, -0.2) is 17.9 Å². The van der Waals surface area contributed by atoms with Gasteiger partial charge in [0.15, 0.2) is 0 Å². The maximum atomic E-state index is 11.3. The van der Waals surface area contributed by atoms with E-state index in [-0.39, 0.29) is 17.0 Å². The minimum absolute atomic E-state index is 0.0307. The average Bonchev–Trinajstić information content (AvgIpc) is 2.38. The number of rotatable bonds is 4. The van der Waals surface area contributed by atoms with E-state index in [1.807, 2.05) is 0 Å². The van der Waals surface area contributed by atoms with Crippen molar-refractivity contribution in [2.45, 2.75) is 11.3 Å². The van der Waals surface area contributed by atoms with Crippen molar-refractivity contribution >= 4 is 15.8 Å². The molecule has 0 saturated heterocycles. The SMILES string of the molecule is O=[N+]([O-])c1ccc(Cc2ccccc2S(=O)(=O)O)cc1. The number of nitrogens with zero attached hydrogens (tertiary/aromatic N) is 1. The van der Waals surface area contributed by atoms with Crippen LogP contribution in [0.25, 0.3) is 0 Å². The summed E-state index contributed by atoms with van der Waals surface area (Å²) < 4.78 is 31.7. The highest BCUT2D eigenvalue weighted by Crippen LogP contribution is 2.20. The van der Waals surface area contributed by atoms with Crippen LogP contribution in [-0.2, 0) is 16.5 Å². The second-order valence-electron chi connectivity index (χ2n) is 4.18. The summed E-state index contributed by atoms with van der Waals surface area (Å²) >= 11 is 0. The van der Waals surface area contributed by atoms with Gasteiger partial charge in [0.05, 0.1) is 9.82 Å². The van der Waals surface area contributed by atoms with Gasteiger partial charge in [-0.2, -0.15) is 8.42 Å². The molecule has 0 saturated carbocycles. The van der Waals surface area contributed by atoms with Crippen molar-refractivity contribution in [1.29, 1.82) is 0 Å². The quantitative estimate of drug-likeness (QED) is 0.530. The second kappa shape index (κ2) is 5.40. The molecule has 20 heavy (non-hydrogen) atoms. The summed E-state index contributed by atoms with van der Waals surface area (Å²) in [6, 6.07) is 11.9. The summed E-state index contributed by atoms with van der Waals surface area (Å²) in [4.78, 5) is 9.89. The fourth-order valence-corrected chi connectivity index (χ4v) is 2.58. The molecular formula is C13H11NO5S. The van der Waals surface area contributed by atoms with Crippen LogP contribution in [0, 0.1) is 10.1 Å². The first-order valence-corrected chi connectivity index (χ1v) is 7.10. The molecule has 0 bridgehead atoms. The Bertz CT molecular complexity index is 738. The Morgan fingerprint density at radius 1 is 1.05 bits per heavy atom. The third-order valence-electron chi connectivity index (χ3n) is 2.79. The van der Waals surface area contributed by atoms with Crippen LogP contribution in [0.2, 0.25) is 0 Å². The highest BCUT2D eigenvalue weighted by molar-refractivity contribution is 7.85. The summed E-state index contributed by atoms with van der Waals surface area (Å²) in [5, 5.41) is 10.5. The molecule has 7 heteroatoms. The summed E-state index contributed by atoms with van der Waals surface area (Å²) in [5.74, 6) is 0. The fraction of sp³-hybridized carbons (Fsp3) is 0.0769. The highest BCUT2D eigenvalue weighted by atomic mass is 32.2. The van der Waals surface area contributed by atoms with Gasteiger partial charge < -0.3 is 0 Å². The molecule has 2 aromatic rings. The molecule has 0 amide bonds. The lowest BCUT2D eigenvalue weighted by Gasteiger charge is -2.06. The molecule has 0 aliphatic carbocycles. The maximum absolute atomic E-state index is 11.3. The summed E-state index contributed by atoms with van der Waals surface area (Å²) in [6.07, 6.45) is 0.258. The van der Waals surface area contributed by atoms with Crippen LogP contribution in [0.3, 0.4) is 0 Å². The molecule has 0 radical (unpaired) electrons. The van der Waals surface area contributed by atoms with Gasteiger partial charge in [0, 0.05) is 12.1 Å². The van der Waals surface area contributed by atoms with Crippen LogP contribution < -0.4 is 0 Å². The molecule has 2 rings (SSSR count). The van der Waals surface area contributed by atoms with Crippen molar-refractivity contribution in [3.63, 3.8) is 0 Å². The van der Waals surface area contributed by atoms with Gasteiger partial charge in [-0.3, -0.25) is 14.7 Å². The summed E-state index contributed by atoms with van der Waals surface area (Å²) in [7, 11) is -4.28. The number of hydrogen-bond acceptors (Lipinski definition) is 4. The van der Waals surface area contributed by atoms with Crippen molar-refractivity contribution in [1.82, 2.24) is 0 Å². The van der Waals surface area contributed by atoms with Crippen LogP contribution in [0.5, 0.6) is 0 Å². The molecule has 0 atom stereocenters. The standard InChI is InChI=1S/C13H11NO5S/c15-14(16)12-7-5-10(6-8-12)9-11-3-1-2-4-13(11)20(17,18)19/h1-8H,9H2,(H,17,18,19). The Labute approximate surface area is 115 Å². The maximum Gasteiger partial charge on any atom is 0.294 e. The van der Waals surface area contributed by atoms with Gasteiger partial charge in [-0.15, -0.1) is 0 Å². The molecular weight excluding hydrogens is 282 g/mol. The second-order valence-corrected chi connectivity index (χ2v) is 5.57. The summed E-state index contributed by atoms with van der Waals surface area (Å²) in [5.41, 5.74) is 1.12. The molecule has 0 aromatic heterocycles. The topological polar surface area (TPSA) is 97.5 Å². The number of nitro groups is 1. The molecule has 2 aromatic carbocycles. The summed E-state index contributed by atoms with van der Waals surface area (Å²) in [6.45, 7) is 0. The molecule has 0 unspecified atom stereocenters. The van der Waals surface area contributed by atoms with Gasteiger partial charge in [0.1, 0.15) is 0 Å². The van der Waals surface area contributed by atoms with Gasteiger partial charge in [0.25, 0.3) is 15.8 Å². The first-order valence-electron chi connectivity index (χ1n) is 5.66. The lowest BCUT2D eigenvalue weighted by atomic mass is 10.0. The zero-order chi connectivity index (χ0) is 14.8. The van der Waals surface area contributed by atoms with Gasteiger partial charge in [-0.05, 0) is 23.6 Å². The Balaban J connectivity index is 2.33.